The van der Waals surface area contributed by atoms with E-state index in [-0.39, 0.29) is 0 Å². The van der Waals surface area contributed by atoms with Gasteiger partial charge < -0.3 is 4.57 Å². The Morgan fingerprint density at radius 1 is 1.11 bits per heavy atom. The van der Waals surface area contributed by atoms with Gasteiger partial charge in [0.1, 0.15) is 0 Å². The third-order valence-electron chi connectivity index (χ3n) is 4.79. The highest BCUT2D eigenvalue weighted by Crippen LogP contribution is 2.35. The number of carbonyl (C=O) groups excluding carboxylic acids is 1. The van der Waals surface area contributed by atoms with Crippen LogP contribution in [-0.4, -0.2) is 34.4 Å². The van der Waals surface area contributed by atoms with E-state index in [0.29, 0.717) is 11.8 Å². The lowest BCUT2D eigenvalue weighted by Gasteiger charge is -2.20. The zero-order valence-electron chi connectivity index (χ0n) is 10.8. The molecule has 0 bridgehead atoms. The van der Waals surface area contributed by atoms with E-state index in [0.717, 1.165) is 30.9 Å². The first kappa shape index (κ1) is 10.8. The number of ketones is 1. The van der Waals surface area contributed by atoms with E-state index in [2.05, 4.69) is 21.7 Å². The summed E-state index contributed by atoms with van der Waals surface area (Å²) in [7, 11) is 0. The monoisotopic (exact) mass is 244 g/mol. The number of fused-ring (bicyclic) bond motifs is 1. The zero-order chi connectivity index (χ0) is 12.1. The SMILES string of the molecule is O=C1CCCc2c1ccn2C1CCN(C2CC2)C1. The summed E-state index contributed by atoms with van der Waals surface area (Å²) in [5.74, 6) is 0.354. The second-order valence-electron chi connectivity index (χ2n) is 6.03. The molecule has 96 valence electrons. The van der Waals surface area contributed by atoms with Crippen LogP contribution in [0.25, 0.3) is 0 Å². The third-order valence-corrected chi connectivity index (χ3v) is 4.79. The lowest BCUT2D eigenvalue weighted by molar-refractivity contribution is 0.0971. The Bertz CT molecular complexity index is 487. The molecule has 1 aliphatic heterocycles. The fourth-order valence-corrected chi connectivity index (χ4v) is 3.66. The van der Waals surface area contributed by atoms with Gasteiger partial charge in [-0.3, -0.25) is 9.69 Å². The first-order valence-corrected chi connectivity index (χ1v) is 7.30. The van der Waals surface area contributed by atoms with Crippen molar-refractivity contribution in [1.29, 1.82) is 0 Å². The molecule has 1 saturated heterocycles. The van der Waals surface area contributed by atoms with Crippen LogP contribution in [0, 0.1) is 0 Å². The molecule has 1 aromatic heterocycles. The largest absolute Gasteiger partial charge is 0.346 e. The molecule has 1 aromatic rings. The molecular weight excluding hydrogens is 224 g/mol. The Balaban J connectivity index is 1.59. The molecule has 3 aliphatic rings. The van der Waals surface area contributed by atoms with Crippen molar-refractivity contribution in [3.8, 4) is 0 Å². The molecule has 1 unspecified atom stereocenters. The van der Waals surface area contributed by atoms with Gasteiger partial charge in [0.25, 0.3) is 0 Å². The first-order chi connectivity index (χ1) is 8.83. The van der Waals surface area contributed by atoms with E-state index in [4.69, 9.17) is 0 Å². The Labute approximate surface area is 108 Å². The summed E-state index contributed by atoms with van der Waals surface area (Å²) in [4.78, 5) is 14.5. The summed E-state index contributed by atoms with van der Waals surface area (Å²) in [6.07, 6.45) is 9.09. The minimum absolute atomic E-state index is 0.354. The smallest absolute Gasteiger partial charge is 0.164 e. The van der Waals surface area contributed by atoms with E-state index in [1.54, 1.807) is 0 Å². The number of hydrogen-bond donors (Lipinski definition) is 0. The van der Waals surface area contributed by atoms with E-state index in [1.165, 1.54) is 38.0 Å². The minimum atomic E-state index is 0.354. The molecule has 3 heteroatoms. The lowest BCUT2D eigenvalue weighted by Crippen LogP contribution is -2.24. The van der Waals surface area contributed by atoms with Crippen molar-refractivity contribution in [3.63, 3.8) is 0 Å². The second-order valence-corrected chi connectivity index (χ2v) is 6.03. The molecule has 0 amide bonds. The van der Waals surface area contributed by atoms with E-state index >= 15 is 0 Å². The Kier molecular flexibility index (Phi) is 2.37. The highest BCUT2D eigenvalue weighted by molar-refractivity contribution is 5.98. The Morgan fingerprint density at radius 3 is 2.83 bits per heavy atom. The van der Waals surface area contributed by atoms with Crippen LogP contribution in [0.5, 0.6) is 0 Å². The molecule has 0 spiro atoms. The van der Waals surface area contributed by atoms with Gasteiger partial charge in [0.2, 0.25) is 0 Å². The number of Topliss-reactive ketones (excluding diaryl/α,β-unsaturated/α-hetero) is 1. The molecule has 0 radical (unpaired) electrons. The van der Waals surface area contributed by atoms with Crippen LogP contribution in [0.15, 0.2) is 12.3 Å². The van der Waals surface area contributed by atoms with E-state index in [1.807, 2.05) is 0 Å². The van der Waals surface area contributed by atoms with Crippen molar-refractivity contribution < 1.29 is 4.79 Å². The van der Waals surface area contributed by atoms with Gasteiger partial charge in [0.15, 0.2) is 5.78 Å². The molecule has 18 heavy (non-hydrogen) atoms. The lowest BCUT2D eigenvalue weighted by atomic mass is 9.96. The molecule has 2 aliphatic carbocycles. The second kappa shape index (κ2) is 3.95. The van der Waals surface area contributed by atoms with E-state index in [9.17, 15) is 4.79 Å². The molecule has 2 fully saturated rings. The Hall–Kier alpha value is -1.09. The number of aromatic nitrogens is 1. The molecule has 3 nitrogen and oxygen atoms in total. The van der Waals surface area contributed by atoms with Crippen molar-refractivity contribution >= 4 is 5.78 Å². The number of carbonyl (C=O) groups is 1. The summed E-state index contributed by atoms with van der Waals surface area (Å²) < 4.78 is 2.41. The highest BCUT2D eigenvalue weighted by atomic mass is 16.1. The van der Waals surface area contributed by atoms with Gasteiger partial charge in [0.05, 0.1) is 0 Å². The van der Waals surface area contributed by atoms with Crippen LogP contribution < -0.4 is 0 Å². The third kappa shape index (κ3) is 1.64. The minimum Gasteiger partial charge on any atom is -0.346 e. The van der Waals surface area contributed by atoms with Crippen molar-refractivity contribution in [2.45, 2.75) is 50.6 Å². The van der Waals surface area contributed by atoms with Crippen LogP contribution >= 0.6 is 0 Å². The predicted molar refractivity (Wildman–Crippen MR) is 69.9 cm³/mol. The molecule has 1 saturated carbocycles. The predicted octanol–water partition coefficient (Wildman–Crippen LogP) is 2.42. The number of hydrogen-bond acceptors (Lipinski definition) is 2. The average Bonchev–Trinajstić information content (AvgIpc) is 2.95. The summed E-state index contributed by atoms with van der Waals surface area (Å²) in [6.45, 7) is 2.44. The van der Waals surface area contributed by atoms with Gasteiger partial charge in [0, 0.05) is 49.0 Å². The zero-order valence-corrected chi connectivity index (χ0v) is 10.8. The molecule has 4 rings (SSSR count). The van der Waals surface area contributed by atoms with Crippen molar-refractivity contribution in [2.24, 2.45) is 0 Å². The maximum atomic E-state index is 11.9. The topological polar surface area (TPSA) is 25.2 Å². The number of rotatable bonds is 2. The molecule has 2 heterocycles. The van der Waals surface area contributed by atoms with Gasteiger partial charge in [-0.1, -0.05) is 0 Å². The van der Waals surface area contributed by atoms with Gasteiger partial charge in [-0.15, -0.1) is 0 Å². The van der Waals surface area contributed by atoms with Crippen LogP contribution in [0.3, 0.4) is 0 Å². The van der Waals surface area contributed by atoms with Crippen LogP contribution in [0.2, 0.25) is 0 Å². The fraction of sp³-hybridized carbons (Fsp3) is 0.667. The van der Waals surface area contributed by atoms with Crippen molar-refractivity contribution in [3.05, 3.63) is 23.5 Å². The quantitative estimate of drug-likeness (QED) is 0.798. The summed E-state index contributed by atoms with van der Waals surface area (Å²) in [6, 6.07) is 3.54. The highest BCUT2D eigenvalue weighted by Gasteiger charge is 2.35. The van der Waals surface area contributed by atoms with E-state index < -0.39 is 0 Å². The maximum absolute atomic E-state index is 11.9. The summed E-state index contributed by atoms with van der Waals surface area (Å²) in [5, 5.41) is 0. The van der Waals surface area contributed by atoms with Crippen LogP contribution in [0.1, 0.15) is 54.2 Å². The Morgan fingerprint density at radius 2 is 2.00 bits per heavy atom. The average molecular weight is 244 g/mol. The van der Waals surface area contributed by atoms with Gasteiger partial charge in [-0.25, -0.2) is 0 Å². The molecule has 1 atom stereocenters. The van der Waals surface area contributed by atoms with Crippen LogP contribution in [-0.2, 0) is 6.42 Å². The van der Waals surface area contributed by atoms with Gasteiger partial charge >= 0.3 is 0 Å². The fourth-order valence-electron chi connectivity index (χ4n) is 3.66. The number of nitrogens with zero attached hydrogens (tertiary/aromatic N) is 2. The summed E-state index contributed by atoms with van der Waals surface area (Å²) in [5.41, 5.74) is 2.32. The van der Waals surface area contributed by atoms with Crippen molar-refractivity contribution in [2.75, 3.05) is 13.1 Å². The normalized spacial score (nSPS) is 28.7. The standard InChI is InChI=1S/C15H20N2O/c18-15-3-1-2-14-13(15)7-9-17(14)12-6-8-16(10-12)11-4-5-11/h7,9,11-12H,1-6,8,10H2. The number of likely N-dealkylation sites (tertiary alicyclic amines) is 1. The summed E-state index contributed by atoms with van der Waals surface area (Å²) >= 11 is 0. The van der Waals surface area contributed by atoms with Gasteiger partial charge in [-0.2, -0.15) is 0 Å². The van der Waals surface area contributed by atoms with Gasteiger partial charge in [-0.05, 0) is 38.2 Å². The molecule has 0 aromatic carbocycles. The maximum Gasteiger partial charge on any atom is 0.164 e. The first-order valence-electron chi connectivity index (χ1n) is 7.30. The van der Waals surface area contributed by atoms with Crippen LogP contribution in [0.4, 0.5) is 0 Å². The van der Waals surface area contributed by atoms with Crippen molar-refractivity contribution in [1.82, 2.24) is 9.47 Å². The molecule has 0 N–H and O–H groups in total. The molecular formula is C15H20N2O.